The van der Waals surface area contributed by atoms with E-state index in [-0.39, 0.29) is 0 Å². The average Bonchev–Trinajstić information content (AvgIpc) is 2.76. The number of carbonyl (C=O) groups is 1. The number of rotatable bonds is 5. The summed E-state index contributed by atoms with van der Waals surface area (Å²) in [5.41, 5.74) is 8.90. The minimum absolute atomic E-state index is 0.394. The summed E-state index contributed by atoms with van der Waals surface area (Å²) in [4.78, 5) is 12.0. The summed E-state index contributed by atoms with van der Waals surface area (Å²) in [5.74, 6) is 0. The minimum atomic E-state index is -0.394. The third kappa shape index (κ3) is 6.94. The van der Waals surface area contributed by atoms with E-state index in [1.165, 1.54) is 5.56 Å². The second kappa shape index (κ2) is 10.4. The fourth-order valence-corrected chi connectivity index (χ4v) is 2.96. The van der Waals surface area contributed by atoms with Gasteiger partial charge >= 0.3 is 6.03 Å². The van der Waals surface area contributed by atoms with Gasteiger partial charge in [-0.05, 0) is 75.0 Å². The first-order chi connectivity index (χ1) is 14.9. The molecular formula is C24H25N5OS. The number of anilines is 3. The lowest BCUT2D eigenvalue weighted by Crippen LogP contribution is -2.25. The lowest BCUT2D eigenvalue weighted by Gasteiger charge is -2.11. The molecule has 0 heterocycles. The standard InChI is InChI=1S/C24H25N5OS/c1-16-4-10-20(11-5-16)25-23(30)29-28-18(3)19-8-14-22(15-9-19)27-24(31)26-21-12-6-17(2)7-13-21/h4-15H,1-3H3,(H2,25,29,30)(H2,26,27,31)/b28-18-. The summed E-state index contributed by atoms with van der Waals surface area (Å²) in [6.45, 7) is 5.86. The summed E-state index contributed by atoms with van der Waals surface area (Å²) in [6.07, 6.45) is 0. The molecule has 0 aliphatic carbocycles. The molecule has 6 nitrogen and oxygen atoms in total. The summed E-state index contributed by atoms with van der Waals surface area (Å²) < 4.78 is 0. The number of hydrogen-bond donors (Lipinski definition) is 4. The Bertz CT molecular complexity index is 1070. The maximum absolute atomic E-state index is 12.0. The number of benzene rings is 3. The molecule has 0 bridgehead atoms. The monoisotopic (exact) mass is 431 g/mol. The number of carbonyl (C=O) groups excluding carboxylic acids is 1. The van der Waals surface area contributed by atoms with E-state index in [0.717, 1.165) is 22.5 Å². The van der Waals surface area contributed by atoms with Crippen molar-refractivity contribution in [2.45, 2.75) is 20.8 Å². The van der Waals surface area contributed by atoms with Crippen molar-refractivity contribution in [1.29, 1.82) is 0 Å². The highest BCUT2D eigenvalue weighted by Gasteiger charge is 2.03. The summed E-state index contributed by atoms with van der Waals surface area (Å²) in [5, 5.41) is 13.7. The highest BCUT2D eigenvalue weighted by molar-refractivity contribution is 7.80. The van der Waals surface area contributed by atoms with Crippen LogP contribution in [0, 0.1) is 13.8 Å². The van der Waals surface area contributed by atoms with Crippen LogP contribution in [-0.2, 0) is 0 Å². The Morgan fingerprint density at radius 1 is 0.710 bits per heavy atom. The van der Waals surface area contributed by atoms with E-state index in [1.54, 1.807) is 0 Å². The summed E-state index contributed by atoms with van der Waals surface area (Å²) >= 11 is 5.37. The molecule has 3 rings (SSSR count). The lowest BCUT2D eigenvalue weighted by atomic mass is 10.1. The predicted octanol–water partition coefficient (Wildman–Crippen LogP) is 5.66. The van der Waals surface area contributed by atoms with Crippen LogP contribution in [0.1, 0.15) is 23.6 Å². The molecule has 4 N–H and O–H groups in total. The number of nitrogens with one attached hydrogen (secondary N) is 4. The predicted molar refractivity (Wildman–Crippen MR) is 133 cm³/mol. The quantitative estimate of drug-likeness (QED) is 0.239. The molecule has 158 valence electrons. The first kappa shape index (κ1) is 22.0. The highest BCUT2D eigenvalue weighted by atomic mass is 32.1. The van der Waals surface area contributed by atoms with Crippen LogP contribution < -0.4 is 21.4 Å². The smallest absolute Gasteiger partial charge is 0.332 e. The maximum atomic E-state index is 12.0. The van der Waals surface area contributed by atoms with Gasteiger partial charge in [0.2, 0.25) is 0 Å². The van der Waals surface area contributed by atoms with Crippen LogP contribution in [0.3, 0.4) is 0 Å². The first-order valence-electron chi connectivity index (χ1n) is 9.82. The van der Waals surface area contributed by atoms with Crippen LogP contribution in [0.4, 0.5) is 21.9 Å². The van der Waals surface area contributed by atoms with Gasteiger partial charge < -0.3 is 16.0 Å². The molecule has 0 fully saturated rings. The highest BCUT2D eigenvalue weighted by Crippen LogP contribution is 2.13. The van der Waals surface area contributed by atoms with Gasteiger partial charge in [-0.2, -0.15) is 5.10 Å². The SMILES string of the molecule is C/C(=N/NC(=O)Nc1ccc(C)cc1)c1ccc(NC(=S)Nc2ccc(C)cc2)cc1. The molecule has 7 heteroatoms. The fourth-order valence-electron chi connectivity index (χ4n) is 2.72. The molecule has 0 aliphatic heterocycles. The largest absolute Gasteiger partial charge is 0.339 e. The van der Waals surface area contributed by atoms with E-state index < -0.39 is 6.03 Å². The molecule has 0 spiro atoms. The second-order valence-corrected chi connectivity index (χ2v) is 7.56. The molecule has 31 heavy (non-hydrogen) atoms. The zero-order chi connectivity index (χ0) is 22.2. The van der Waals surface area contributed by atoms with Gasteiger partial charge in [0.05, 0.1) is 5.71 Å². The summed E-state index contributed by atoms with van der Waals surface area (Å²) in [6, 6.07) is 22.8. The van der Waals surface area contributed by atoms with Gasteiger partial charge in [-0.25, -0.2) is 10.2 Å². The molecule has 3 aromatic carbocycles. The van der Waals surface area contributed by atoms with Crippen LogP contribution in [0.25, 0.3) is 0 Å². The van der Waals surface area contributed by atoms with Crippen molar-refractivity contribution < 1.29 is 4.79 Å². The van der Waals surface area contributed by atoms with Crippen LogP contribution in [0.15, 0.2) is 77.9 Å². The molecule has 3 aromatic rings. The third-order valence-electron chi connectivity index (χ3n) is 4.50. The van der Waals surface area contributed by atoms with E-state index in [2.05, 4.69) is 26.5 Å². The molecule has 0 radical (unpaired) electrons. The maximum Gasteiger partial charge on any atom is 0.339 e. The van der Waals surface area contributed by atoms with E-state index in [1.807, 2.05) is 93.6 Å². The Hall–Kier alpha value is -3.71. The minimum Gasteiger partial charge on any atom is -0.332 e. The van der Waals surface area contributed by atoms with Crippen molar-refractivity contribution in [3.8, 4) is 0 Å². The van der Waals surface area contributed by atoms with Crippen LogP contribution >= 0.6 is 12.2 Å². The van der Waals surface area contributed by atoms with Gasteiger partial charge in [0.15, 0.2) is 5.11 Å². The van der Waals surface area contributed by atoms with Crippen molar-refractivity contribution in [3.05, 3.63) is 89.5 Å². The Kier molecular flexibility index (Phi) is 7.35. The Morgan fingerprint density at radius 2 is 1.13 bits per heavy atom. The Balaban J connectivity index is 1.52. The average molecular weight is 432 g/mol. The van der Waals surface area contributed by atoms with E-state index in [0.29, 0.717) is 16.5 Å². The fraction of sp³-hybridized carbons (Fsp3) is 0.125. The van der Waals surface area contributed by atoms with Gasteiger partial charge in [0.25, 0.3) is 0 Å². The van der Waals surface area contributed by atoms with Crippen LogP contribution in [0.2, 0.25) is 0 Å². The van der Waals surface area contributed by atoms with Crippen molar-refractivity contribution in [2.24, 2.45) is 5.10 Å². The number of nitrogens with zero attached hydrogens (tertiary/aromatic N) is 1. The topological polar surface area (TPSA) is 77.5 Å². The van der Waals surface area contributed by atoms with Crippen LogP contribution in [0.5, 0.6) is 0 Å². The number of thiocarbonyl (C=S) groups is 1. The van der Waals surface area contributed by atoms with E-state index in [9.17, 15) is 4.79 Å². The van der Waals surface area contributed by atoms with Crippen molar-refractivity contribution in [1.82, 2.24) is 5.43 Å². The molecule has 2 amide bonds. The van der Waals surface area contributed by atoms with Gasteiger partial charge in [0.1, 0.15) is 0 Å². The number of hydrogen-bond acceptors (Lipinski definition) is 3. The third-order valence-corrected chi connectivity index (χ3v) is 4.71. The Morgan fingerprint density at radius 3 is 1.61 bits per heavy atom. The van der Waals surface area contributed by atoms with Crippen molar-refractivity contribution in [3.63, 3.8) is 0 Å². The molecule has 0 unspecified atom stereocenters. The van der Waals surface area contributed by atoms with Crippen LogP contribution in [-0.4, -0.2) is 16.9 Å². The van der Waals surface area contributed by atoms with Crippen molar-refractivity contribution >= 4 is 46.1 Å². The van der Waals surface area contributed by atoms with Gasteiger partial charge in [-0.1, -0.05) is 47.5 Å². The number of hydrazone groups is 1. The molecular weight excluding hydrogens is 406 g/mol. The van der Waals surface area contributed by atoms with E-state index in [4.69, 9.17) is 12.2 Å². The van der Waals surface area contributed by atoms with Gasteiger partial charge in [-0.3, -0.25) is 0 Å². The normalized spacial score (nSPS) is 10.9. The zero-order valence-electron chi connectivity index (χ0n) is 17.7. The number of amides is 2. The molecule has 0 aromatic heterocycles. The summed E-state index contributed by atoms with van der Waals surface area (Å²) in [7, 11) is 0. The zero-order valence-corrected chi connectivity index (χ0v) is 18.5. The molecule has 0 saturated carbocycles. The van der Waals surface area contributed by atoms with Crippen molar-refractivity contribution in [2.75, 3.05) is 16.0 Å². The number of urea groups is 1. The Labute approximate surface area is 187 Å². The first-order valence-corrected chi connectivity index (χ1v) is 10.2. The molecule has 0 atom stereocenters. The second-order valence-electron chi connectivity index (χ2n) is 7.15. The lowest BCUT2D eigenvalue weighted by molar-refractivity contribution is 0.252. The van der Waals surface area contributed by atoms with E-state index >= 15 is 0 Å². The molecule has 0 saturated heterocycles. The van der Waals surface area contributed by atoms with Gasteiger partial charge in [0, 0.05) is 17.1 Å². The molecule has 0 aliphatic rings. The number of aryl methyl sites for hydroxylation is 2. The van der Waals surface area contributed by atoms with Gasteiger partial charge in [-0.15, -0.1) is 0 Å².